The van der Waals surface area contributed by atoms with Gasteiger partial charge in [0, 0.05) is 12.1 Å². The summed E-state index contributed by atoms with van der Waals surface area (Å²) in [6, 6.07) is 4.22. The van der Waals surface area contributed by atoms with Crippen molar-refractivity contribution in [2.75, 3.05) is 6.54 Å². The summed E-state index contributed by atoms with van der Waals surface area (Å²) in [5.41, 5.74) is -0.185. The number of piperidine rings is 1. The fourth-order valence-electron chi connectivity index (χ4n) is 3.03. The van der Waals surface area contributed by atoms with Gasteiger partial charge in [-0.25, -0.2) is 0 Å². The first-order chi connectivity index (χ1) is 9.34. The molecule has 0 aliphatic carbocycles. The maximum absolute atomic E-state index is 11.6. The van der Waals surface area contributed by atoms with Crippen LogP contribution in [0.2, 0.25) is 0 Å². The predicted molar refractivity (Wildman–Crippen MR) is 74.8 cm³/mol. The molecule has 2 atom stereocenters. The van der Waals surface area contributed by atoms with E-state index in [4.69, 9.17) is 0 Å². The molecule has 0 aromatic heterocycles. The topological polar surface area (TPSA) is 81.0 Å². The highest BCUT2D eigenvalue weighted by Gasteiger charge is 2.43. The molecule has 110 valence electrons. The maximum Gasteiger partial charge on any atom is 0.323 e. The summed E-state index contributed by atoms with van der Waals surface area (Å²) in [5.74, 6) is -0.852. The molecule has 3 N–H and O–H groups in total. The summed E-state index contributed by atoms with van der Waals surface area (Å²) >= 11 is 0. The van der Waals surface area contributed by atoms with Gasteiger partial charge in [-0.3, -0.25) is 9.69 Å². The number of aromatic hydroxyl groups is 2. The van der Waals surface area contributed by atoms with Crippen LogP contribution in [0.4, 0.5) is 0 Å². The number of nitrogens with zero attached hydrogens (tertiary/aromatic N) is 1. The minimum Gasteiger partial charge on any atom is -0.508 e. The Morgan fingerprint density at radius 2 is 1.85 bits per heavy atom. The number of likely N-dealkylation sites (tertiary alicyclic amines) is 1. The Labute approximate surface area is 118 Å². The fourth-order valence-corrected chi connectivity index (χ4v) is 3.03. The summed E-state index contributed by atoms with van der Waals surface area (Å²) in [4.78, 5) is 13.6. The average molecular weight is 279 g/mol. The Bertz CT molecular complexity index is 496. The Kier molecular flexibility index (Phi) is 3.90. The Hall–Kier alpha value is -1.75. The van der Waals surface area contributed by atoms with Gasteiger partial charge in [0.1, 0.15) is 17.0 Å². The molecule has 0 spiro atoms. The monoisotopic (exact) mass is 279 g/mol. The quantitative estimate of drug-likeness (QED) is 0.792. The SMILES string of the molecule is CC(c1cc(O)cc(O)c1)N1CCCCC1(C)C(=O)O. The van der Waals surface area contributed by atoms with E-state index in [1.807, 2.05) is 11.8 Å². The average Bonchev–Trinajstić information content (AvgIpc) is 2.37. The predicted octanol–water partition coefficient (Wildman–Crippen LogP) is 2.49. The van der Waals surface area contributed by atoms with Crippen LogP contribution in [0.25, 0.3) is 0 Å². The number of phenolic OH excluding ortho intramolecular Hbond substituents is 2. The van der Waals surface area contributed by atoms with Crippen LogP contribution in [-0.4, -0.2) is 38.3 Å². The third-order valence-electron chi connectivity index (χ3n) is 4.28. The summed E-state index contributed by atoms with van der Waals surface area (Å²) in [7, 11) is 0. The molecule has 2 rings (SSSR count). The minimum atomic E-state index is -0.904. The van der Waals surface area contributed by atoms with Gasteiger partial charge in [0.25, 0.3) is 0 Å². The van der Waals surface area contributed by atoms with Crippen LogP contribution in [0.3, 0.4) is 0 Å². The van der Waals surface area contributed by atoms with Crippen LogP contribution in [0.15, 0.2) is 18.2 Å². The number of hydrogen-bond acceptors (Lipinski definition) is 4. The van der Waals surface area contributed by atoms with Gasteiger partial charge in [-0.15, -0.1) is 0 Å². The number of phenols is 2. The smallest absolute Gasteiger partial charge is 0.323 e. The molecular weight excluding hydrogens is 258 g/mol. The third-order valence-corrected chi connectivity index (χ3v) is 4.28. The Balaban J connectivity index is 2.34. The molecular formula is C15H21NO4. The van der Waals surface area contributed by atoms with E-state index in [-0.39, 0.29) is 17.5 Å². The van der Waals surface area contributed by atoms with Crippen LogP contribution in [0.1, 0.15) is 44.7 Å². The fraction of sp³-hybridized carbons (Fsp3) is 0.533. The van der Waals surface area contributed by atoms with Gasteiger partial charge in [-0.05, 0) is 57.4 Å². The van der Waals surface area contributed by atoms with E-state index in [0.29, 0.717) is 13.0 Å². The third kappa shape index (κ3) is 2.58. The van der Waals surface area contributed by atoms with Crippen LogP contribution in [0, 0.1) is 0 Å². The summed E-state index contributed by atoms with van der Waals surface area (Å²) < 4.78 is 0. The normalized spacial score (nSPS) is 25.3. The molecule has 1 aromatic carbocycles. The number of rotatable bonds is 3. The highest BCUT2D eigenvalue weighted by atomic mass is 16.4. The van der Waals surface area contributed by atoms with E-state index in [1.165, 1.54) is 6.07 Å². The van der Waals surface area contributed by atoms with Crippen molar-refractivity contribution < 1.29 is 20.1 Å². The lowest BCUT2D eigenvalue weighted by atomic mass is 9.86. The van der Waals surface area contributed by atoms with Crippen molar-refractivity contribution in [1.82, 2.24) is 4.90 Å². The number of aliphatic carboxylic acids is 1. The van der Waals surface area contributed by atoms with Gasteiger partial charge in [0.05, 0.1) is 0 Å². The van der Waals surface area contributed by atoms with E-state index in [1.54, 1.807) is 19.1 Å². The second-order valence-corrected chi connectivity index (χ2v) is 5.69. The molecule has 1 aliphatic rings. The molecule has 0 saturated carbocycles. The maximum atomic E-state index is 11.6. The lowest BCUT2D eigenvalue weighted by molar-refractivity contribution is -0.155. The molecule has 2 unspecified atom stereocenters. The first kappa shape index (κ1) is 14.7. The summed E-state index contributed by atoms with van der Waals surface area (Å²) in [6.07, 6.45) is 2.47. The van der Waals surface area contributed by atoms with E-state index >= 15 is 0 Å². The lowest BCUT2D eigenvalue weighted by Crippen LogP contribution is -2.55. The second kappa shape index (κ2) is 5.32. The molecule has 5 heteroatoms. The van der Waals surface area contributed by atoms with Gasteiger partial charge in [0.2, 0.25) is 0 Å². The van der Waals surface area contributed by atoms with Crippen molar-refractivity contribution >= 4 is 5.97 Å². The molecule has 1 aliphatic heterocycles. The summed E-state index contributed by atoms with van der Waals surface area (Å²) in [6.45, 7) is 4.34. The highest BCUT2D eigenvalue weighted by Crippen LogP contribution is 2.37. The van der Waals surface area contributed by atoms with Crippen LogP contribution in [0.5, 0.6) is 11.5 Å². The number of carboxylic acid groups (broad SMARTS) is 1. The summed E-state index contributed by atoms with van der Waals surface area (Å²) in [5, 5.41) is 28.7. The van der Waals surface area contributed by atoms with Crippen molar-refractivity contribution in [3.05, 3.63) is 23.8 Å². The number of carboxylic acids is 1. The van der Waals surface area contributed by atoms with Crippen molar-refractivity contribution in [3.63, 3.8) is 0 Å². The zero-order chi connectivity index (χ0) is 14.9. The molecule has 0 amide bonds. The molecule has 5 nitrogen and oxygen atoms in total. The zero-order valence-electron chi connectivity index (χ0n) is 11.8. The van der Waals surface area contributed by atoms with Gasteiger partial charge < -0.3 is 15.3 Å². The van der Waals surface area contributed by atoms with Crippen molar-refractivity contribution in [2.45, 2.75) is 44.7 Å². The first-order valence-electron chi connectivity index (χ1n) is 6.87. The lowest BCUT2D eigenvalue weighted by Gasteiger charge is -2.45. The van der Waals surface area contributed by atoms with Gasteiger partial charge in [0.15, 0.2) is 0 Å². The standard InChI is InChI=1S/C15H21NO4/c1-10(11-7-12(17)9-13(18)8-11)16-6-4-3-5-15(16,2)14(19)20/h7-10,17-18H,3-6H2,1-2H3,(H,19,20). The van der Waals surface area contributed by atoms with Crippen molar-refractivity contribution in [1.29, 1.82) is 0 Å². The molecule has 1 saturated heterocycles. The highest BCUT2D eigenvalue weighted by molar-refractivity contribution is 5.78. The van der Waals surface area contributed by atoms with E-state index < -0.39 is 11.5 Å². The molecule has 0 radical (unpaired) electrons. The van der Waals surface area contributed by atoms with Gasteiger partial charge in [-0.1, -0.05) is 0 Å². The van der Waals surface area contributed by atoms with Gasteiger partial charge >= 0.3 is 5.97 Å². The van der Waals surface area contributed by atoms with Crippen molar-refractivity contribution in [3.8, 4) is 11.5 Å². The number of hydrogen-bond donors (Lipinski definition) is 3. The molecule has 20 heavy (non-hydrogen) atoms. The molecule has 1 fully saturated rings. The zero-order valence-corrected chi connectivity index (χ0v) is 11.8. The molecule has 1 aromatic rings. The Morgan fingerprint density at radius 3 is 2.40 bits per heavy atom. The van der Waals surface area contributed by atoms with E-state index in [2.05, 4.69) is 0 Å². The molecule has 1 heterocycles. The Morgan fingerprint density at radius 1 is 1.25 bits per heavy atom. The van der Waals surface area contributed by atoms with Crippen LogP contribution < -0.4 is 0 Å². The number of carbonyl (C=O) groups is 1. The number of benzene rings is 1. The second-order valence-electron chi connectivity index (χ2n) is 5.69. The first-order valence-corrected chi connectivity index (χ1v) is 6.87. The largest absolute Gasteiger partial charge is 0.508 e. The van der Waals surface area contributed by atoms with Crippen LogP contribution in [-0.2, 0) is 4.79 Å². The van der Waals surface area contributed by atoms with E-state index in [0.717, 1.165) is 18.4 Å². The van der Waals surface area contributed by atoms with Gasteiger partial charge in [-0.2, -0.15) is 0 Å². The minimum absolute atomic E-state index is 0.0131. The van der Waals surface area contributed by atoms with Crippen LogP contribution >= 0.6 is 0 Å². The molecule has 0 bridgehead atoms. The van der Waals surface area contributed by atoms with Crippen molar-refractivity contribution in [2.24, 2.45) is 0 Å². The van der Waals surface area contributed by atoms with E-state index in [9.17, 15) is 20.1 Å².